The van der Waals surface area contributed by atoms with Crippen LogP contribution in [0.15, 0.2) is 0 Å². The minimum Gasteiger partial charge on any atom is -0.481 e. The molecule has 4 fully saturated rings. The van der Waals surface area contributed by atoms with Crippen molar-refractivity contribution in [2.24, 2.45) is 64.1 Å². The van der Waals surface area contributed by atoms with Crippen LogP contribution in [0.1, 0.15) is 99.3 Å². The maximum absolute atomic E-state index is 13.5. The van der Waals surface area contributed by atoms with Crippen molar-refractivity contribution in [3.8, 4) is 0 Å². The summed E-state index contributed by atoms with van der Waals surface area (Å²) in [5.41, 5.74) is 0.272. The van der Waals surface area contributed by atoms with Crippen LogP contribution < -0.4 is 0 Å². The fourth-order valence-electron chi connectivity index (χ4n) is 10.0. The third-order valence-electron chi connectivity index (χ3n) is 11.8. The van der Waals surface area contributed by atoms with Crippen molar-refractivity contribution in [1.82, 2.24) is 0 Å². The van der Waals surface area contributed by atoms with Crippen LogP contribution in [0.3, 0.4) is 0 Å². The van der Waals surface area contributed by atoms with E-state index in [0.29, 0.717) is 55.1 Å². The van der Waals surface area contributed by atoms with Crippen molar-refractivity contribution in [1.29, 1.82) is 0 Å². The molecule has 0 aliphatic heterocycles. The van der Waals surface area contributed by atoms with Gasteiger partial charge in [0.2, 0.25) is 0 Å². The first-order valence-electron chi connectivity index (χ1n) is 15.0. The Hall–Kier alpha value is -1.59. The van der Waals surface area contributed by atoms with E-state index < -0.39 is 5.97 Å². The van der Waals surface area contributed by atoms with Crippen molar-refractivity contribution in [3.63, 3.8) is 0 Å². The summed E-state index contributed by atoms with van der Waals surface area (Å²) in [6.07, 6.45) is 8.77. The summed E-state index contributed by atoms with van der Waals surface area (Å²) in [6.45, 7) is 13.5. The number of carboxylic acid groups (broad SMARTS) is 1. The molecule has 4 rings (SSSR count). The summed E-state index contributed by atoms with van der Waals surface area (Å²) in [7, 11) is 0. The molecule has 0 heterocycles. The topological polar surface area (TPSA) is 89.9 Å². The Labute approximate surface area is 223 Å². The second-order valence-electron chi connectivity index (χ2n) is 13.5. The monoisotopic (exact) mass is 518 g/mol. The molecular weight excluding hydrogens is 468 g/mol. The molecule has 0 bridgehead atoms. The molecule has 0 aromatic rings. The Morgan fingerprint density at radius 3 is 2.14 bits per heavy atom. The van der Waals surface area contributed by atoms with Gasteiger partial charge in [-0.15, -0.1) is 0 Å². The number of carbonyl (C=O) groups excluding carboxylic acids is 2. The summed E-state index contributed by atoms with van der Waals surface area (Å²) < 4.78 is 11.1. The van der Waals surface area contributed by atoms with Gasteiger partial charge in [0.25, 0.3) is 0 Å². The third kappa shape index (κ3) is 4.95. The summed E-state index contributed by atoms with van der Waals surface area (Å²) in [4.78, 5) is 37.7. The molecule has 0 aromatic carbocycles. The quantitative estimate of drug-likeness (QED) is 0.376. The van der Waals surface area contributed by atoms with Gasteiger partial charge >= 0.3 is 17.9 Å². The molecule has 6 heteroatoms. The number of carboxylic acids is 1. The van der Waals surface area contributed by atoms with E-state index in [4.69, 9.17) is 9.47 Å². The zero-order valence-corrected chi connectivity index (χ0v) is 24.0. The molecule has 0 amide bonds. The molecule has 0 aromatic heterocycles. The summed E-state index contributed by atoms with van der Waals surface area (Å²) in [5.74, 6) is 1.11. The van der Waals surface area contributed by atoms with Crippen molar-refractivity contribution in [2.45, 2.75) is 99.3 Å². The Morgan fingerprint density at radius 1 is 0.865 bits per heavy atom. The molecule has 4 aliphatic rings. The van der Waals surface area contributed by atoms with Gasteiger partial charge in [0.1, 0.15) is 0 Å². The van der Waals surface area contributed by atoms with E-state index in [1.54, 1.807) is 0 Å². The van der Waals surface area contributed by atoms with Gasteiger partial charge in [0, 0.05) is 0 Å². The van der Waals surface area contributed by atoms with Gasteiger partial charge in [0.05, 0.1) is 31.0 Å². The second-order valence-corrected chi connectivity index (χ2v) is 13.5. The molecule has 1 N–H and O–H groups in total. The van der Waals surface area contributed by atoms with E-state index >= 15 is 0 Å². The van der Waals surface area contributed by atoms with Gasteiger partial charge < -0.3 is 14.6 Å². The zero-order chi connectivity index (χ0) is 27.1. The summed E-state index contributed by atoms with van der Waals surface area (Å²) in [5, 5.41) is 9.51. The summed E-state index contributed by atoms with van der Waals surface area (Å²) in [6, 6.07) is 0. The van der Waals surface area contributed by atoms with E-state index in [1.165, 1.54) is 0 Å². The lowest BCUT2D eigenvalue weighted by Gasteiger charge is -2.63. The van der Waals surface area contributed by atoms with Gasteiger partial charge in [-0.2, -0.15) is 0 Å². The lowest BCUT2D eigenvalue weighted by atomic mass is 9.41. The molecule has 1 unspecified atom stereocenters. The lowest BCUT2D eigenvalue weighted by molar-refractivity contribution is -0.181. The van der Waals surface area contributed by atoms with Crippen LogP contribution in [0.5, 0.6) is 0 Å². The molecule has 11 atom stereocenters. The average molecular weight is 519 g/mol. The Kier molecular flexibility index (Phi) is 8.36. The highest BCUT2D eigenvalue weighted by Gasteiger charge is 2.64. The zero-order valence-electron chi connectivity index (χ0n) is 24.0. The van der Waals surface area contributed by atoms with Gasteiger partial charge in [-0.3, -0.25) is 14.4 Å². The molecule has 0 radical (unpaired) electrons. The number of hydrogen-bond donors (Lipinski definition) is 1. The molecular formula is C31H50O6. The minimum absolute atomic E-state index is 0.0435. The molecule has 0 spiro atoms. The number of esters is 2. The third-order valence-corrected chi connectivity index (χ3v) is 11.8. The maximum Gasteiger partial charge on any atom is 0.309 e. The van der Waals surface area contributed by atoms with Crippen molar-refractivity contribution < 1.29 is 29.0 Å². The van der Waals surface area contributed by atoms with Crippen LogP contribution >= 0.6 is 0 Å². The standard InChI is InChI=1S/C31H50O6/c1-7-36-28(34)20-11-13-30(5)21(16-20)17-22(29(35)37-8-2)26-24-10-9-23(18(3)15-19(4)27(32)33)31(24,6)14-12-25(26)30/h18-26H,7-17H2,1-6H3,(H,32,33)/t18-,19?,20-,21+,22+,23-,24+,25+,26+,30+,31-/m1/s1. The van der Waals surface area contributed by atoms with E-state index in [2.05, 4.69) is 20.8 Å². The molecule has 4 saturated carbocycles. The highest BCUT2D eigenvalue weighted by molar-refractivity contribution is 5.74. The SMILES string of the molecule is CCOC(=O)[C@@H]1CC[C@@]2(C)[C@@H](C1)C[C@H](C(=O)OCC)[C@@H]1[C@@H]2CC[C@]2(C)[C@@H]([C@H](C)CC(C)C(=O)O)CC[C@@H]12. The average Bonchev–Trinajstić information content (AvgIpc) is 3.20. The maximum atomic E-state index is 13.5. The van der Waals surface area contributed by atoms with E-state index in [9.17, 15) is 19.5 Å². The Balaban J connectivity index is 1.62. The Bertz CT molecular complexity index is 870. The first-order chi connectivity index (χ1) is 17.5. The minimum atomic E-state index is -0.706. The van der Waals surface area contributed by atoms with E-state index in [1.807, 2.05) is 20.8 Å². The largest absolute Gasteiger partial charge is 0.481 e. The van der Waals surface area contributed by atoms with E-state index in [-0.39, 0.29) is 40.5 Å². The molecule has 4 aliphatic carbocycles. The fraction of sp³-hybridized carbons (Fsp3) is 0.903. The number of carbonyl (C=O) groups is 3. The number of aliphatic carboxylic acids is 1. The molecule has 0 saturated heterocycles. The molecule has 6 nitrogen and oxygen atoms in total. The van der Waals surface area contributed by atoms with Gasteiger partial charge in [-0.05, 0) is 118 Å². The Morgan fingerprint density at radius 2 is 1.49 bits per heavy atom. The lowest BCUT2D eigenvalue weighted by Crippen LogP contribution is -2.58. The van der Waals surface area contributed by atoms with Crippen LogP contribution in [-0.4, -0.2) is 36.2 Å². The highest BCUT2D eigenvalue weighted by atomic mass is 16.5. The van der Waals surface area contributed by atoms with Crippen LogP contribution in [0.4, 0.5) is 0 Å². The van der Waals surface area contributed by atoms with Gasteiger partial charge in [-0.1, -0.05) is 27.7 Å². The highest BCUT2D eigenvalue weighted by Crippen LogP contribution is 2.70. The fourth-order valence-corrected chi connectivity index (χ4v) is 10.0. The van der Waals surface area contributed by atoms with Crippen LogP contribution in [-0.2, 0) is 23.9 Å². The van der Waals surface area contributed by atoms with Gasteiger partial charge in [-0.25, -0.2) is 0 Å². The van der Waals surface area contributed by atoms with Crippen LogP contribution in [0.2, 0.25) is 0 Å². The van der Waals surface area contributed by atoms with Crippen molar-refractivity contribution in [2.75, 3.05) is 13.2 Å². The normalized spacial score (nSPS) is 42.5. The van der Waals surface area contributed by atoms with Gasteiger partial charge in [0.15, 0.2) is 0 Å². The first-order valence-corrected chi connectivity index (χ1v) is 15.0. The number of ether oxygens (including phenoxy) is 2. The first kappa shape index (κ1) is 28.4. The molecule has 37 heavy (non-hydrogen) atoms. The second kappa shape index (κ2) is 10.9. The van der Waals surface area contributed by atoms with Crippen molar-refractivity contribution >= 4 is 17.9 Å². The predicted octanol–water partition coefficient (Wildman–Crippen LogP) is 6.36. The number of rotatable bonds is 8. The summed E-state index contributed by atoms with van der Waals surface area (Å²) >= 11 is 0. The molecule has 210 valence electrons. The van der Waals surface area contributed by atoms with Crippen LogP contribution in [0.25, 0.3) is 0 Å². The van der Waals surface area contributed by atoms with Crippen molar-refractivity contribution in [3.05, 3.63) is 0 Å². The predicted molar refractivity (Wildman–Crippen MR) is 141 cm³/mol. The van der Waals surface area contributed by atoms with E-state index in [0.717, 1.165) is 51.4 Å². The number of hydrogen-bond acceptors (Lipinski definition) is 5. The number of fused-ring (bicyclic) bond motifs is 5. The smallest absolute Gasteiger partial charge is 0.309 e. The van der Waals surface area contributed by atoms with Crippen LogP contribution in [0, 0.1) is 64.1 Å².